The van der Waals surface area contributed by atoms with Crippen molar-refractivity contribution in [3.63, 3.8) is 0 Å². The van der Waals surface area contributed by atoms with Crippen LogP contribution in [0.1, 0.15) is 22.7 Å². The number of hydrogen-bond donors (Lipinski definition) is 2. The molecule has 0 spiro atoms. The maximum Gasteiger partial charge on any atom is 0.244 e. The monoisotopic (exact) mass is 270 g/mol. The van der Waals surface area contributed by atoms with Crippen molar-refractivity contribution in [1.29, 1.82) is 5.26 Å². The van der Waals surface area contributed by atoms with Crippen LogP contribution in [0.5, 0.6) is 5.88 Å². The fourth-order valence-corrected chi connectivity index (χ4v) is 2.42. The second-order valence-corrected chi connectivity index (χ2v) is 4.51. The predicted molar refractivity (Wildman–Crippen MR) is 69.0 cm³/mol. The number of nitrogens with two attached hydrogens (primary N) is 1. The number of ether oxygens (including phenoxy) is 1. The van der Waals surface area contributed by atoms with Gasteiger partial charge in [0.25, 0.3) is 0 Å². The Hall–Kier alpha value is -2.81. The van der Waals surface area contributed by atoms with Crippen LogP contribution >= 0.6 is 0 Å². The molecule has 20 heavy (non-hydrogen) atoms. The van der Waals surface area contributed by atoms with Gasteiger partial charge in [-0.3, -0.25) is 5.10 Å². The summed E-state index contributed by atoms with van der Waals surface area (Å²) >= 11 is 0. The Labute approximate surface area is 114 Å². The summed E-state index contributed by atoms with van der Waals surface area (Å²) in [5.74, 6) is -0.762. The van der Waals surface area contributed by atoms with Crippen molar-refractivity contribution in [2.75, 3.05) is 0 Å². The second kappa shape index (κ2) is 4.38. The highest BCUT2D eigenvalue weighted by molar-refractivity contribution is 5.55. The van der Waals surface area contributed by atoms with E-state index >= 15 is 0 Å². The third kappa shape index (κ3) is 1.64. The number of fused-ring (bicyclic) bond motifs is 1. The first kappa shape index (κ1) is 12.2. The number of aromatic amines is 1. The van der Waals surface area contributed by atoms with Crippen LogP contribution < -0.4 is 10.5 Å². The lowest BCUT2D eigenvalue weighted by Gasteiger charge is -2.23. The lowest BCUT2D eigenvalue weighted by Crippen LogP contribution is -2.21. The summed E-state index contributed by atoms with van der Waals surface area (Å²) in [5, 5.41) is 16.1. The fraction of sp³-hybridized carbons (Fsp3) is 0.143. The van der Waals surface area contributed by atoms with Crippen LogP contribution in [0, 0.1) is 24.1 Å². The Kier molecular flexibility index (Phi) is 2.68. The third-order valence-electron chi connectivity index (χ3n) is 3.35. The third-order valence-corrected chi connectivity index (χ3v) is 3.35. The molecule has 1 aromatic heterocycles. The molecule has 0 radical (unpaired) electrons. The Bertz CT molecular complexity index is 757. The molecule has 100 valence electrons. The number of hydrogen-bond acceptors (Lipinski definition) is 4. The average molecular weight is 270 g/mol. The quantitative estimate of drug-likeness (QED) is 0.830. The number of allylic oxidation sites excluding steroid dienone is 1. The molecule has 1 aliphatic heterocycles. The molecule has 0 aliphatic carbocycles. The highest BCUT2D eigenvalue weighted by atomic mass is 19.1. The van der Waals surface area contributed by atoms with Crippen molar-refractivity contribution in [2.45, 2.75) is 12.8 Å². The molecule has 3 rings (SSSR count). The van der Waals surface area contributed by atoms with Crippen LogP contribution in [0.25, 0.3) is 0 Å². The molecule has 3 N–H and O–H groups in total. The van der Waals surface area contributed by atoms with Crippen molar-refractivity contribution in [3.05, 3.63) is 58.4 Å². The molecule has 5 nitrogen and oxygen atoms in total. The van der Waals surface area contributed by atoms with E-state index in [-0.39, 0.29) is 17.3 Å². The second-order valence-electron chi connectivity index (χ2n) is 4.51. The molecule has 6 heteroatoms. The van der Waals surface area contributed by atoms with Crippen LogP contribution in [0.15, 0.2) is 35.7 Å². The summed E-state index contributed by atoms with van der Waals surface area (Å²) in [7, 11) is 0. The molecule has 0 saturated carbocycles. The van der Waals surface area contributed by atoms with E-state index in [1.807, 2.05) is 6.07 Å². The van der Waals surface area contributed by atoms with Gasteiger partial charge in [-0.2, -0.15) is 5.26 Å². The van der Waals surface area contributed by atoms with Crippen LogP contribution in [0.3, 0.4) is 0 Å². The Morgan fingerprint density at radius 1 is 1.45 bits per heavy atom. The molecule has 1 atom stereocenters. The minimum absolute atomic E-state index is 0.0419. The van der Waals surface area contributed by atoms with Gasteiger partial charge in [0.05, 0.1) is 5.92 Å². The fourth-order valence-electron chi connectivity index (χ4n) is 2.42. The van der Waals surface area contributed by atoms with E-state index in [1.165, 1.54) is 6.07 Å². The summed E-state index contributed by atoms with van der Waals surface area (Å²) in [5.41, 5.74) is 7.67. The first-order valence-electron chi connectivity index (χ1n) is 6.00. The first-order chi connectivity index (χ1) is 9.63. The lowest BCUT2D eigenvalue weighted by atomic mass is 9.84. The van der Waals surface area contributed by atoms with Crippen molar-refractivity contribution >= 4 is 0 Å². The van der Waals surface area contributed by atoms with Crippen molar-refractivity contribution in [2.24, 2.45) is 5.73 Å². The van der Waals surface area contributed by atoms with E-state index in [9.17, 15) is 9.65 Å². The molecule has 0 bridgehead atoms. The van der Waals surface area contributed by atoms with Crippen LogP contribution in [0.2, 0.25) is 0 Å². The Morgan fingerprint density at radius 3 is 2.90 bits per heavy atom. The Morgan fingerprint density at radius 2 is 2.20 bits per heavy atom. The van der Waals surface area contributed by atoms with Gasteiger partial charge < -0.3 is 10.5 Å². The number of nitriles is 1. The van der Waals surface area contributed by atoms with Crippen molar-refractivity contribution in [1.82, 2.24) is 10.2 Å². The van der Waals surface area contributed by atoms with Gasteiger partial charge in [-0.25, -0.2) is 4.39 Å². The highest BCUT2D eigenvalue weighted by Crippen LogP contribution is 2.43. The molecular weight excluding hydrogens is 259 g/mol. The van der Waals surface area contributed by atoms with E-state index in [0.29, 0.717) is 16.8 Å². The molecule has 0 saturated heterocycles. The zero-order valence-electron chi connectivity index (χ0n) is 10.6. The van der Waals surface area contributed by atoms with Crippen LogP contribution in [0.4, 0.5) is 4.39 Å². The number of aryl methyl sites for hydroxylation is 1. The average Bonchev–Trinajstić information content (AvgIpc) is 2.79. The zero-order chi connectivity index (χ0) is 14.3. The largest absolute Gasteiger partial charge is 0.420 e. The smallest absolute Gasteiger partial charge is 0.244 e. The molecule has 0 fully saturated rings. The topological polar surface area (TPSA) is 87.7 Å². The summed E-state index contributed by atoms with van der Waals surface area (Å²) < 4.78 is 19.4. The normalized spacial score (nSPS) is 17.4. The van der Waals surface area contributed by atoms with Gasteiger partial charge in [0.1, 0.15) is 17.5 Å². The van der Waals surface area contributed by atoms with Gasteiger partial charge in [0, 0.05) is 16.8 Å². The number of aromatic nitrogens is 2. The number of rotatable bonds is 1. The van der Waals surface area contributed by atoms with Crippen LogP contribution in [-0.2, 0) is 0 Å². The number of nitrogens with one attached hydrogen (secondary N) is 1. The zero-order valence-corrected chi connectivity index (χ0v) is 10.6. The maximum atomic E-state index is 14.1. The van der Waals surface area contributed by atoms with Gasteiger partial charge in [0.2, 0.25) is 11.8 Å². The molecular formula is C14H11FN4O. The molecule has 0 amide bonds. The van der Waals surface area contributed by atoms with E-state index in [0.717, 1.165) is 0 Å². The van der Waals surface area contributed by atoms with Crippen LogP contribution in [-0.4, -0.2) is 10.2 Å². The number of halogens is 1. The van der Waals surface area contributed by atoms with Crippen molar-refractivity contribution in [3.8, 4) is 11.9 Å². The first-order valence-corrected chi connectivity index (χ1v) is 6.00. The summed E-state index contributed by atoms with van der Waals surface area (Å²) in [6.45, 7) is 1.79. The van der Waals surface area contributed by atoms with Gasteiger partial charge in [-0.15, -0.1) is 5.10 Å². The van der Waals surface area contributed by atoms with Gasteiger partial charge in [-0.05, 0) is 13.0 Å². The van der Waals surface area contributed by atoms with E-state index in [1.54, 1.807) is 25.1 Å². The summed E-state index contributed by atoms with van der Waals surface area (Å²) in [6.07, 6.45) is 0. The summed E-state index contributed by atoms with van der Waals surface area (Å²) in [6, 6.07) is 8.31. The number of nitrogens with zero attached hydrogens (tertiary/aromatic N) is 2. The van der Waals surface area contributed by atoms with Gasteiger partial charge in [0.15, 0.2) is 0 Å². The molecule has 2 heterocycles. The number of H-pyrrole nitrogens is 1. The maximum absolute atomic E-state index is 14.1. The lowest BCUT2D eigenvalue weighted by molar-refractivity contribution is 0.378. The van der Waals surface area contributed by atoms with Crippen molar-refractivity contribution < 1.29 is 9.13 Å². The minimum Gasteiger partial charge on any atom is -0.420 e. The van der Waals surface area contributed by atoms with E-state index < -0.39 is 11.7 Å². The van der Waals surface area contributed by atoms with E-state index in [2.05, 4.69) is 10.2 Å². The Balaban J connectivity index is 2.29. The molecule has 1 unspecified atom stereocenters. The van der Waals surface area contributed by atoms with Gasteiger partial charge in [-0.1, -0.05) is 18.2 Å². The number of benzene rings is 1. The minimum atomic E-state index is -0.608. The highest BCUT2D eigenvalue weighted by Gasteiger charge is 2.35. The van der Waals surface area contributed by atoms with E-state index in [4.69, 9.17) is 10.5 Å². The molecule has 2 aromatic rings. The van der Waals surface area contributed by atoms with Gasteiger partial charge >= 0.3 is 0 Å². The standard InChI is InChI=1S/C14H11FN4O/c1-7-11-12(8-4-2-3-5-10(8)15)9(6-16)13(17)20-14(11)19-18-7/h2-5,12H,17H2,1H3,(H,18,19). The predicted octanol–water partition coefficient (Wildman–Crippen LogP) is 2.08. The molecule has 1 aliphatic rings. The molecule has 1 aromatic carbocycles. The SMILES string of the molecule is Cc1[nH]nc2c1C(c1ccccc1F)C(C#N)=C(N)O2. The summed E-state index contributed by atoms with van der Waals surface area (Å²) in [4.78, 5) is 0.